The smallest absolute Gasteiger partial charge is 0.166 e. The maximum Gasteiger partial charge on any atom is 0.416 e. The second-order valence-electron chi connectivity index (χ2n) is 4.78. The zero-order valence-electron chi connectivity index (χ0n) is 11.3. The van der Waals surface area contributed by atoms with Gasteiger partial charge in [0.05, 0.1) is 5.56 Å². The van der Waals surface area contributed by atoms with Gasteiger partial charge in [0.25, 0.3) is 0 Å². The fourth-order valence-corrected chi connectivity index (χ4v) is 2.02. The fourth-order valence-electron chi connectivity index (χ4n) is 2.02. The summed E-state index contributed by atoms with van der Waals surface area (Å²) >= 11 is 0. The maximum atomic E-state index is 12.9. The zero-order chi connectivity index (χ0) is 14.8. The topological polar surface area (TPSA) is 0 Å². The van der Waals surface area contributed by atoms with Crippen molar-refractivity contribution in [3.63, 3.8) is 0 Å². The molecule has 2 rings (SSSR count). The molecule has 0 nitrogen and oxygen atoms in total. The molecule has 0 amide bonds. The molecule has 0 radical (unpaired) electrons. The highest BCUT2D eigenvalue weighted by molar-refractivity contribution is 5.73. The third-order valence-electron chi connectivity index (χ3n) is 3.14. The molecule has 0 bridgehead atoms. The molecule has 0 aliphatic rings. The minimum absolute atomic E-state index is 0.181. The summed E-state index contributed by atoms with van der Waals surface area (Å²) in [5.41, 5.74) is 2.63. The first-order valence-corrected chi connectivity index (χ1v) is 6.29. The lowest BCUT2D eigenvalue weighted by Crippen LogP contribution is -2.06. The van der Waals surface area contributed by atoms with Gasteiger partial charge in [-0.05, 0) is 36.6 Å². The number of alkyl halides is 3. The zero-order valence-corrected chi connectivity index (χ0v) is 11.3. The first-order chi connectivity index (χ1) is 9.38. The van der Waals surface area contributed by atoms with Crippen LogP contribution in [-0.2, 0) is 6.18 Å². The van der Waals surface area contributed by atoms with E-state index in [9.17, 15) is 13.2 Å². The molecule has 0 aliphatic heterocycles. The summed E-state index contributed by atoms with van der Waals surface area (Å²) < 4.78 is 38.7. The summed E-state index contributed by atoms with van der Waals surface area (Å²) in [5.74, 6) is 0. The number of hydrogen-bond donors (Lipinski definition) is 0. The van der Waals surface area contributed by atoms with E-state index in [1.807, 2.05) is 32.0 Å². The summed E-state index contributed by atoms with van der Waals surface area (Å²) in [6.07, 6.45) is -1.08. The highest BCUT2D eigenvalue weighted by atomic mass is 19.4. The number of benzene rings is 2. The van der Waals surface area contributed by atoms with Crippen LogP contribution in [0.4, 0.5) is 13.2 Å². The Balaban J connectivity index is 2.40. The molecule has 0 spiro atoms. The molecule has 2 aromatic carbocycles. The van der Waals surface area contributed by atoms with Crippen LogP contribution in [0.15, 0.2) is 42.5 Å². The summed E-state index contributed by atoms with van der Waals surface area (Å²) in [6, 6.07) is 11.5. The van der Waals surface area contributed by atoms with Crippen LogP contribution in [0.25, 0.3) is 12.2 Å². The Kier molecular flexibility index (Phi) is 3.98. The van der Waals surface area contributed by atoms with Crippen molar-refractivity contribution in [2.45, 2.75) is 20.0 Å². The van der Waals surface area contributed by atoms with E-state index in [4.69, 9.17) is 0 Å². The van der Waals surface area contributed by atoms with Crippen LogP contribution in [0.2, 0.25) is 0 Å². The van der Waals surface area contributed by atoms with E-state index >= 15 is 0 Å². The van der Waals surface area contributed by atoms with Gasteiger partial charge in [-0.15, -0.1) is 0 Å². The van der Waals surface area contributed by atoms with Gasteiger partial charge in [0.15, 0.2) is 0 Å². The summed E-state index contributed by atoms with van der Waals surface area (Å²) in [6.45, 7) is 3.90. The van der Waals surface area contributed by atoms with Crippen molar-refractivity contribution in [2.75, 3.05) is 0 Å². The van der Waals surface area contributed by atoms with Gasteiger partial charge in [-0.1, -0.05) is 54.1 Å². The molecule has 0 unspecified atom stereocenters. The van der Waals surface area contributed by atoms with Gasteiger partial charge in [0.2, 0.25) is 0 Å². The molecule has 2 aromatic rings. The van der Waals surface area contributed by atoms with E-state index < -0.39 is 11.7 Å². The highest BCUT2D eigenvalue weighted by Crippen LogP contribution is 2.32. The van der Waals surface area contributed by atoms with Crippen molar-refractivity contribution < 1.29 is 13.2 Å². The maximum absolute atomic E-state index is 12.9. The van der Waals surface area contributed by atoms with Crippen LogP contribution >= 0.6 is 0 Å². The number of rotatable bonds is 2. The van der Waals surface area contributed by atoms with Gasteiger partial charge in [0.1, 0.15) is 0 Å². The third-order valence-corrected chi connectivity index (χ3v) is 3.14. The molecule has 3 heteroatoms. The molecule has 0 aromatic heterocycles. The van der Waals surface area contributed by atoms with Gasteiger partial charge >= 0.3 is 6.18 Å². The number of halogens is 3. The Morgan fingerprint density at radius 2 is 1.50 bits per heavy atom. The molecule has 0 heterocycles. The molecule has 0 saturated carbocycles. The summed E-state index contributed by atoms with van der Waals surface area (Å²) in [4.78, 5) is 0. The molecule has 0 fully saturated rings. The van der Waals surface area contributed by atoms with Crippen LogP contribution in [0, 0.1) is 13.8 Å². The van der Waals surface area contributed by atoms with E-state index in [0.717, 1.165) is 22.8 Å². The van der Waals surface area contributed by atoms with Crippen molar-refractivity contribution in [2.24, 2.45) is 0 Å². The minimum atomic E-state index is -4.33. The SMILES string of the molecule is Cc1ccc(C)c(/C=C/c2ccccc2C(F)(F)F)c1. The van der Waals surface area contributed by atoms with Gasteiger partial charge in [0, 0.05) is 0 Å². The summed E-state index contributed by atoms with van der Waals surface area (Å²) in [5, 5.41) is 0. The molecule has 20 heavy (non-hydrogen) atoms. The minimum Gasteiger partial charge on any atom is -0.166 e. The van der Waals surface area contributed by atoms with Crippen LogP contribution in [-0.4, -0.2) is 0 Å². The molecule has 104 valence electrons. The first-order valence-electron chi connectivity index (χ1n) is 6.29. The second kappa shape index (κ2) is 5.53. The second-order valence-corrected chi connectivity index (χ2v) is 4.78. The van der Waals surface area contributed by atoms with Gasteiger partial charge in [-0.25, -0.2) is 0 Å². The van der Waals surface area contributed by atoms with Crippen molar-refractivity contribution in [3.8, 4) is 0 Å². The lowest BCUT2D eigenvalue weighted by molar-refractivity contribution is -0.137. The van der Waals surface area contributed by atoms with Crippen molar-refractivity contribution >= 4 is 12.2 Å². The Morgan fingerprint density at radius 3 is 2.20 bits per heavy atom. The van der Waals surface area contributed by atoms with Gasteiger partial charge < -0.3 is 0 Å². The van der Waals surface area contributed by atoms with E-state index in [1.165, 1.54) is 18.2 Å². The van der Waals surface area contributed by atoms with Gasteiger partial charge in [-0.3, -0.25) is 0 Å². The van der Waals surface area contributed by atoms with Crippen molar-refractivity contribution in [1.29, 1.82) is 0 Å². The Hall–Kier alpha value is -2.03. The molecule has 0 atom stereocenters. The van der Waals surface area contributed by atoms with Crippen molar-refractivity contribution in [3.05, 3.63) is 70.3 Å². The number of aryl methyl sites for hydroxylation is 2. The Bertz CT molecular complexity index is 637. The predicted molar refractivity (Wildman–Crippen MR) is 76.3 cm³/mol. The first kappa shape index (κ1) is 14.4. The van der Waals surface area contributed by atoms with Crippen LogP contribution in [0.3, 0.4) is 0 Å². The summed E-state index contributed by atoms with van der Waals surface area (Å²) in [7, 11) is 0. The third kappa shape index (κ3) is 3.29. The molecule has 0 aliphatic carbocycles. The number of hydrogen-bond acceptors (Lipinski definition) is 0. The van der Waals surface area contributed by atoms with Crippen molar-refractivity contribution in [1.82, 2.24) is 0 Å². The molecule has 0 saturated heterocycles. The van der Waals surface area contributed by atoms with Crippen LogP contribution < -0.4 is 0 Å². The normalized spacial score (nSPS) is 12.1. The predicted octanol–water partition coefficient (Wildman–Crippen LogP) is 5.49. The monoisotopic (exact) mass is 276 g/mol. The average Bonchev–Trinajstić information content (AvgIpc) is 2.39. The Morgan fingerprint density at radius 1 is 0.850 bits per heavy atom. The molecular formula is C17H15F3. The van der Waals surface area contributed by atoms with Crippen LogP contribution in [0.5, 0.6) is 0 Å². The van der Waals surface area contributed by atoms with E-state index in [2.05, 4.69) is 0 Å². The van der Waals surface area contributed by atoms with E-state index in [1.54, 1.807) is 12.1 Å². The average molecular weight is 276 g/mol. The van der Waals surface area contributed by atoms with Crippen LogP contribution in [0.1, 0.15) is 27.8 Å². The fraction of sp³-hybridized carbons (Fsp3) is 0.176. The van der Waals surface area contributed by atoms with E-state index in [0.29, 0.717) is 0 Å². The quantitative estimate of drug-likeness (QED) is 0.636. The largest absolute Gasteiger partial charge is 0.416 e. The highest BCUT2D eigenvalue weighted by Gasteiger charge is 2.32. The van der Waals surface area contributed by atoms with E-state index in [-0.39, 0.29) is 5.56 Å². The molecular weight excluding hydrogens is 261 g/mol. The Labute approximate surface area is 116 Å². The lowest BCUT2D eigenvalue weighted by Gasteiger charge is -2.10. The standard InChI is InChI=1S/C17H15F3/c1-12-7-8-13(2)15(11-12)10-9-14-5-3-4-6-16(14)17(18,19)20/h3-11H,1-2H3/b10-9+. The lowest BCUT2D eigenvalue weighted by atomic mass is 10.0. The van der Waals surface area contributed by atoms with Gasteiger partial charge in [-0.2, -0.15) is 13.2 Å². The molecule has 0 N–H and O–H groups in total.